The molecule has 2 aromatic carbocycles. The van der Waals surface area contributed by atoms with Crippen molar-refractivity contribution in [2.75, 3.05) is 11.9 Å². The monoisotopic (exact) mass is 315 g/mol. The summed E-state index contributed by atoms with van der Waals surface area (Å²) in [6, 6.07) is 15.0. The zero-order valence-corrected chi connectivity index (χ0v) is 13.2. The minimum atomic E-state index is -0.427. The average molecular weight is 316 g/mol. The number of hydrogen-bond acceptors (Lipinski definition) is 2. The maximum Gasteiger partial charge on any atom is 0.235 e. The summed E-state index contributed by atoms with van der Waals surface area (Å²) < 4.78 is 5.40. The zero-order chi connectivity index (χ0) is 15.6. The molecule has 0 aliphatic heterocycles. The van der Waals surface area contributed by atoms with Crippen molar-refractivity contribution < 1.29 is 9.53 Å². The van der Waals surface area contributed by atoms with Crippen molar-refractivity contribution in [3.8, 4) is 5.75 Å². The van der Waals surface area contributed by atoms with E-state index in [-0.39, 0.29) is 5.91 Å². The third kappa shape index (κ3) is 2.95. The molecule has 0 bridgehead atoms. The van der Waals surface area contributed by atoms with Crippen LogP contribution in [0.4, 0.5) is 5.69 Å². The average Bonchev–Trinajstić information content (AvgIpc) is 3.31. The largest absolute Gasteiger partial charge is 0.494 e. The van der Waals surface area contributed by atoms with Crippen LogP contribution in [0.2, 0.25) is 5.02 Å². The first-order chi connectivity index (χ1) is 10.6. The van der Waals surface area contributed by atoms with Gasteiger partial charge in [-0.25, -0.2) is 0 Å². The fourth-order valence-electron chi connectivity index (χ4n) is 2.61. The van der Waals surface area contributed by atoms with Crippen LogP contribution in [-0.2, 0) is 10.2 Å². The number of anilines is 1. The lowest BCUT2D eigenvalue weighted by molar-refractivity contribution is -0.118. The van der Waals surface area contributed by atoms with E-state index in [1.807, 2.05) is 55.5 Å². The zero-order valence-electron chi connectivity index (χ0n) is 12.4. The summed E-state index contributed by atoms with van der Waals surface area (Å²) >= 11 is 6.05. The summed E-state index contributed by atoms with van der Waals surface area (Å²) in [6.07, 6.45) is 1.71. The van der Waals surface area contributed by atoms with E-state index >= 15 is 0 Å². The Morgan fingerprint density at radius 1 is 1.23 bits per heavy atom. The van der Waals surface area contributed by atoms with E-state index < -0.39 is 5.41 Å². The molecule has 1 N–H and O–H groups in total. The van der Waals surface area contributed by atoms with Crippen LogP contribution in [-0.4, -0.2) is 12.5 Å². The molecule has 0 saturated heterocycles. The molecule has 0 radical (unpaired) electrons. The Hall–Kier alpha value is -2.00. The maximum absolute atomic E-state index is 12.6. The van der Waals surface area contributed by atoms with Gasteiger partial charge in [-0.3, -0.25) is 4.79 Å². The first kappa shape index (κ1) is 14.9. The van der Waals surface area contributed by atoms with Crippen molar-refractivity contribution in [1.29, 1.82) is 0 Å². The number of carbonyl (C=O) groups excluding carboxylic acids is 1. The third-order valence-electron chi connectivity index (χ3n) is 3.99. The van der Waals surface area contributed by atoms with Crippen LogP contribution in [0.25, 0.3) is 0 Å². The second-order valence-corrected chi connectivity index (χ2v) is 5.94. The third-order valence-corrected chi connectivity index (χ3v) is 4.22. The van der Waals surface area contributed by atoms with Crippen LogP contribution in [0.3, 0.4) is 0 Å². The lowest BCUT2D eigenvalue weighted by Gasteiger charge is -2.16. The quantitative estimate of drug-likeness (QED) is 0.887. The predicted molar refractivity (Wildman–Crippen MR) is 88.6 cm³/mol. The minimum absolute atomic E-state index is 0.0268. The summed E-state index contributed by atoms with van der Waals surface area (Å²) in [5.74, 6) is 0.829. The Labute approximate surface area is 135 Å². The van der Waals surface area contributed by atoms with Gasteiger partial charge in [0, 0.05) is 10.7 Å². The summed E-state index contributed by atoms with van der Waals surface area (Å²) in [6.45, 7) is 2.57. The predicted octanol–water partition coefficient (Wildman–Crippen LogP) is 4.41. The highest BCUT2D eigenvalue weighted by Crippen LogP contribution is 2.49. The molecule has 0 heterocycles. The van der Waals surface area contributed by atoms with E-state index in [1.165, 1.54) is 0 Å². The van der Waals surface area contributed by atoms with Crippen LogP contribution in [0.5, 0.6) is 5.75 Å². The highest BCUT2D eigenvalue weighted by molar-refractivity contribution is 6.30. The van der Waals surface area contributed by atoms with Crippen LogP contribution in [0.1, 0.15) is 25.3 Å². The van der Waals surface area contributed by atoms with Crippen LogP contribution < -0.4 is 10.1 Å². The van der Waals surface area contributed by atoms with Gasteiger partial charge in [0.05, 0.1) is 12.0 Å². The van der Waals surface area contributed by atoms with Crippen LogP contribution in [0.15, 0.2) is 48.5 Å². The van der Waals surface area contributed by atoms with Gasteiger partial charge in [-0.15, -0.1) is 0 Å². The number of benzene rings is 2. The van der Waals surface area contributed by atoms with Crippen molar-refractivity contribution in [2.24, 2.45) is 0 Å². The van der Waals surface area contributed by atoms with Crippen molar-refractivity contribution >= 4 is 23.2 Å². The molecule has 2 aromatic rings. The van der Waals surface area contributed by atoms with Gasteiger partial charge in [0.15, 0.2) is 0 Å². The molecule has 114 valence electrons. The molecule has 1 saturated carbocycles. The Kier molecular flexibility index (Phi) is 4.08. The molecular weight excluding hydrogens is 298 g/mol. The highest BCUT2D eigenvalue weighted by Gasteiger charge is 2.51. The molecule has 0 unspecified atom stereocenters. The Bertz CT molecular complexity index is 678. The summed E-state index contributed by atoms with van der Waals surface area (Å²) in [4.78, 5) is 12.6. The Morgan fingerprint density at radius 3 is 2.55 bits per heavy atom. The van der Waals surface area contributed by atoms with E-state index in [1.54, 1.807) is 0 Å². The summed E-state index contributed by atoms with van der Waals surface area (Å²) in [5, 5.41) is 3.66. The van der Waals surface area contributed by atoms with Crippen molar-refractivity contribution in [3.63, 3.8) is 0 Å². The number of carbonyl (C=O) groups is 1. The van der Waals surface area contributed by atoms with E-state index in [0.29, 0.717) is 11.6 Å². The van der Waals surface area contributed by atoms with E-state index in [4.69, 9.17) is 16.3 Å². The van der Waals surface area contributed by atoms with Gasteiger partial charge in [0.2, 0.25) is 5.91 Å². The number of amides is 1. The first-order valence-corrected chi connectivity index (χ1v) is 7.82. The molecule has 0 atom stereocenters. The SMILES string of the molecule is CCOc1ccc(NC(=O)C2(c3cccc(Cl)c3)CC2)cc1. The maximum atomic E-state index is 12.6. The molecule has 4 heteroatoms. The Balaban J connectivity index is 1.74. The fraction of sp³-hybridized carbons (Fsp3) is 0.278. The number of rotatable bonds is 5. The number of ether oxygens (including phenoxy) is 1. The number of hydrogen-bond donors (Lipinski definition) is 1. The van der Waals surface area contributed by atoms with Gasteiger partial charge in [-0.2, -0.15) is 0 Å². The Morgan fingerprint density at radius 2 is 1.95 bits per heavy atom. The van der Waals surface area contributed by atoms with Crippen molar-refractivity contribution in [3.05, 3.63) is 59.1 Å². The molecule has 1 aliphatic rings. The lowest BCUT2D eigenvalue weighted by atomic mass is 9.95. The smallest absolute Gasteiger partial charge is 0.235 e. The van der Waals surface area contributed by atoms with Gasteiger partial charge in [0.1, 0.15) is 5.75 Å². The molecular formula is C18H18ClNO2. The van der Waals surface area contributed by atoms with Gasteiger partial charge in [-0.05, 0) is 61.7 Å². The molecule has 3 rings (SSSR count). The lowest BCUT2D eigenvalue weighted by Crippen LogP contribution is -2.27. The molecule has 1 aliphatic carbocycles. The molecule has 1 amide bonds. The molecule has 3 nitrogen and oxygen atoms in total. The standard InChI is InChI=1S/C18H18ClNO2/c1-2-22-16-8-6-15(7-9-16)20-17(21)18(10-11-18)13-4-3-5-14(19)12-13/h3-9,12H,2,10-11H2,1H3,(H,20,21). The highest BCUT2D eigenvalue weighted by atomic mass is 35.5. The molecule has 0 spiro atoms. The number of nitrogens with one attached hydrogen (secondary N) is 1. The first-order valence-electron chi connectivity index (χ1n) is 7.44. The minimum Gasteiger partial charge on any atom is -0.494 e. The normalized spacial score (nSPS) is 15.2. The number of halogens is 1. The second-order valence-electron chi connectivity index (χ2n) is 5.50. The van der Waals surface area contributed by atoms with Crippen LogP contribution in [0, 0.1) is 0 Å². The van der Waals surface area contributed by atoms with Crippen LogP contribution >= 0.6 is 11.6 Å². The van der Waals surface area contributed by atoms with Crippen molar-refractivity contribution in [2.45, 2.75) is 25.2 Å². The van der Waals surface area contributed by atoms with E-state index in [2.05, 4.69) is 5.32 Å². The summed E-state index contributed by atoms with van der Waals surface area (Å²) in [7, 11) is 0. The van der Waals surface area contributed by atoms with Gasteiger partial charge in [0.25, 0.3) is 0 Å². The van der Waals surface area contributed by atoms with Gasteiger partial charge < -0.3 is 10.1 Å². The molecule has 22 heavy (non-hydrogen) atoms. The molecule has 1 fully saturated rings. The topological polar surface area (TPSA) is 38.3 Å². The van der Waals surface area contributed by atoms with Crippen molar-refractivity contribution in [1.82, 2.24) is 0 Å². The van der Waals surface area contributed by atoms with Gasteiger partial charge in [-0.1, -0.05) is 23.7 Å². The summed E-state index contributed by atoms with van der Waals surface area (Å²) in [5.41, 5.74) is 1.34. The van der Waals surface area contributed by atoms with Gasteiger partial charge >= 0.3 is 0 Å². The molecule has 0 aromatic heterocycles. The second kappa shape index (κ2) is 6.01. The van der Waals surface area contributed by atoms with E-state index in [9.17, 15) is 4.79 Å². The van der Waals surface area contributed by atoms with E-state index in [0.717, 1.165) is 29.8 Å². The fourth-order valence-corrected chi connectivity index (χ4v) is 2.80.